The molecular weight excluding hydrogens is 423 g/mol. The average Bonchev–Trinajstić information content (AvgIpc) is 2.75. The standard InChI is InChI=1S/C23H28N2O3.2ClH/c1-27-23(26)19-28-22-11-9-21(10-12-22)18-25-16-14-24(15-17-25)13-5-8-20-6-3-2-4-7-20;;/h2-12H,13-19H2,1H3;2*1H/b8-5+;;. The fraction of sp³-hybridized carbons (Fsp3) is 0.348. The smallest absolute Gasteiger partial charge is 0.343 e. The first-order chi connectivity index (χ1) is 13.7. The minimum absolute atomic E-state index is 0. The normalized spacial score (nSPS) is 14.6. The third-order valence-corrected chi connectivity index (χ3v) is 4.85. The maximum absolute atomic E-state index is 11.1. The molecule has 5 nitrogen and oxygen atoms in total. The van der Waals surface area contributed by atoms with Crippen molar-refractivity contribution in [3.05, 3.63) is 71.8 Å². The van der Waals surface area contributed by atoms with Crippen molar-refractivity contribution < 1.29 is 14.3 Å². The molecule has 0 amide bonds. The molecule has 0 unspecified atom stereocenters. The Balaban J connectivity index is 0.00000225. The minimum atomic E-state index is -0.374. The van der Waals surface area contributed by atoms with Gasteiger partial charge in [-0.2, -0.15) is 0 Å². The average molecular weight is 453 g/mol. The quantitative estimate of drug-likeness (QED) is 0.567. The van der Waals surface area contributed by atoms with Crippen molar-refractivity contribution in [3.63, 3.8) is 0 Å². The summed E-state index contributed by atoms with van der Waals surface area (Å²) in [4.78, 5) is 16.1. The van der Waals surface area contributed by atoms with E-state index in [1.165, 1.54) is 18.2 Å². The number of nitrogens with zero attached hydrogens (tertiary/aromatic N) is 2. The van der Waals surface area contributed by atoms with Crippen molar-refractivity contribution in [1.29, 1.82) is 0 Å². The van der Waals surface area contributed by atoms with E-state index < -0.39 is 0 Å². The molecule has 0 bridgehead atoms. The van der Waals surface area contributed by atoms with Gasteiger partial charge in [0.05, 0.1) is 7.11 Å². The van der Waals surface area contributed by atoms with Gasteiger partial charge in [0.25, 0.3) is 0 Å². The lowest BCUT2D eigenvalue weighted by Crippen LogP contribution is -2.45. The second-order valence-electron chi connectivity index (χ2n) is 6.90. The van der Waals surface area contributed by atoms with E-state index in [-0.39, 0.29) is 37.4 Å². The fourth-order valence-electron chi connectivity index (χ4n) is 3.18. The number of carbonyl (C=O) groups excluding carboxylic acids is 1. The number of ether oxygens (including phenoxy) is 2. The number of benzene rings is 2. The fourth-order valence-corrected chi connectivity index (χ4v) is 3.18. The minimum Gasteiger partial charge on any atom is -0.482 e. The second-order valence-corrected chi connectivity index (χ2v) is 6.90. The van der Waals surface area contributed by atoms with Gasteiger partial charge in [-0.15, -0.1) is 24.8 Å². The Morgan fingerprint density at radius 3 is 2.20 bits per heavy atom. The predicted molar refractivity (Wildman–Crippen MR) is 126 cm³/mol. The lowest BCUT2D eigenvalue weighted by atomic mass is 10.2. The summed E-state index contributed by atoms with van der Waals surface area (Å²) in [6, 6.07) is 18.3. The summed E-state index contributed by atoms with van der Waals surface area (Å²) in [5, 5.41) is 0. The summed E-state index contributed by atoms with van der Waals surface area (Å²) in [5.74, 6) is 0.310. The largest absolute Gasteiger partial charge is 0.482 e. The molecule has 7 heteroatoms. The number of carbonyl (C=O) groups is 1. The van der Waals surface area contributed by atoms with E-state index in [2.05, 4.69) is 63.1 Å². The van der Waals surface area contributed by atoms with E-state index in [0.29, 0.717) is 5.75 Å². The van der Waals surface area contributed by atoms with Crippen LogP contribution in [0.15, 0.2) is 60.7 Å². The van der Waals surface area contributed by atoms with Crippen LogP contribution in [0.25, 0.3) is 6.08 Å². The van der Waals surface area contributed by atoms with E-state index in [0.717, 1.165) is 39.3 Å². The van der Waals surface area contributed by atoms with Gasteiger partial charge < -0.3 is 9.47 Å². The molecule has 1 fully saturated rings. The van der Waals surface area contributed by atoms with Crippen molar-refractivity contribution in [2.24, 2.45) is 0 Å². The number of rotatable bonds is 8. The molecule has 0 N–H and O–H groups in total. The van der Waals surface area contributed by atoms with E-state index >= 15 is 0 Å². The Bertz CT molecular complexity index is 762. The Morgan fingerprint density at radius 1 is 0.933 bits per heavy atom. The number of hydrogen-bond acceptors (Lipinski definition) is 5. The molecule has 0 aliphatic carbocycles. The van der Waals surface area contributed by atoms with Gasteiger partial charge in [0.15, 0.2) is 6.61 Å². The zero-order chi connectivity index (χ0) is 19.6. The summed E-state index contributed by atoms with van der Waals surface area (Å²) in [5.41, 5.74) is 2.50. The lowest BCUT2D eigenvalue weighted by molar-refractivity contribution is -0.142. The van der Waals surface area contributed by atoms with Gasteiger partial charge in [-0.3, -0.25) is 9.80 Å². The van der Waals surface area contributed by atoms with Crippen molar-refractivity contribution in [3.8, 4) is 5.75 Å². The molecule has 1 heterocycles. The molecule has 2 aromatic carbocycles. The first-order valence-corrected chi connectivity index (χ1v) is 9.68. The summed E-state index contributed by atoms with van der Waals surface area (Å²) < 4.78 is 9.96. The van der Waals surface area contributed by atoms with Gasteiger partial charge in [-0.25, -0.2) is 4.79 Å². The van der Waals surface area contributed by atoms with Gasteiger partial charge in [0.1, 0.15) is 5.75 Å². The van der Waals surface area contributed by atoms with E-state index in [1.807, 2.05) is 18.2 Å². The van der Waals surface area contributed by atoms with Crippen LogP contribution in [0.1, 0.15) is 11.1 Å². The van der Waals surface area contributed by atoms with Crippen LogP contribution in [0.5, 0.6) is 5.75 Å². The number of methoxy groups -OCH3 is 1. The van der Waals surface area contributed by atoms with Crippen LogP contribution in [0.2, 0.25) is 0 Å². The number of esters is 1. The Kier molecular flexibility index (Phi) is 12.2. The Labute approximate surface area is 191 Å². The third-order valence-electron chi connectivity index (χ3n) is 4.85. The van der Waals surface area contributed by atoms with Gasteiger partial charge in [0, 0.05) is 39.3 Å². The highest BCUT2D eigenvalue weighted by Crippen LogP contribution is 2.15. The van der Waals surface area contributed by atoms with Crippen molar-refractivity contribution in [2.75, 3.05) is 46.4 Å². The molecule has 2 aromatic rings. The van der Waals surface area contributed by atoms with Crippen molar-refractivity contribution in [1.82, 2.24) is 9.80 Å². The van der Waals surface area contributed by atoms with E-state index in [9.17, 15) is 4.79 Å². The molecule has 30 heavy (non-hydrogen) atoms. The zero-order valence-corrected chi connectivity index (χ0v) is 18.9. The van der Waals surface area contributed by atoms with Crippen LogP contribution < -0.4 is 4.74 Å². The summed E-state index contributed by atoms with van der Waals surface area (Å²) in [7, 11) is 1.36. The van der Waals surface area contributed by atoms with Crippen LogP contribution in [0, 0.1) is 0 Å². The van der Waals surface area contributed by atoms with Crippen LogP contribution in [-0.2, 0) is 16.1 Å². The van der Waals surface area contributed by atoms with Crippen molar-refractivity contribution in [2.45, 2.75) is 6.54 Å². The molecule has 1 aliphatic rings. The first-order valence-electron chi connectivity index (χ1n) is 9.68. The first kappa shape index (κ1) is 26.0. The van der Waals surface area contributed by atoms with Crippen LogP contribution in [-0.4, -0.2) is 62.2 Å². The lowest BCUT2D eigenvalue weighted by Gasteiger charge is -2.34. The molecule has 0 radical (unpaired) electrons. The maximum Gasteiger partial charge on any atom is 0.343 e. The summed E-state index contributed by atoms with van der Waals surface area (Å²) >= 11 is 0. The van der Waals surface area contributed by atoms with Crippen LogP contribution in [0.4, 0.5) is 0 Å². The SMILES string of the molecule is COC(=O)COc1ccc(CN2CCN(C/C=C/c3ccccc3)CC2)cc1.Cl.Cl. The van der Waals surface area contributed by atoms with Crippen LogP contribution >= 0.6 is 24.8 Å². The molecule has 0 saturated carbocycles. The Morgan fingerprint density at radius 2 is 1.57 bits per heavy atom. The third kappa shape index (κ3) is 8.76. The van der Waals surface area contributed by atoms with Gasteiger partial charge in [0.2, 0.25) is 0 Å². The molecular formula is C23H30Cl2N2O3. The highest BCUT2D eigenvalue weighted by atomic mass is 35.5. The highest BCUT2D eigenvalue weighted by Gasteiger charge is 2.16. The summed E-state index contributed by atoms with van der Waals surface area (Å²) in [6.07, 6.45) is 4.44. The topological polar surface area (TPSA) is 42.0 Å². The molecule has 0 aromatic heterocycles. The molecule has 0 spiro atoms. The zero-order valence-electron chi connectivity index (χ0n) is 17.2. The van der Waals surface area contributed by atoms with E-state index in [4.69, 9.17) is 4.74 Å². The van der Waals surface area contributed by atoms with Gasteiger partial charge in [-0.05, 0) is 23.3 Å². The maximum atomic E-state index is 11.1. The molecule has 0 atom stereocenters. The Hall–Kier alpha value is -2.05. The second kappa shape index (κ2) is 14.0. The molecule has 3 rings (SSSR count). The monoisotopic (exact) mass is 452 g/mol. The molecule has 1 aliphatic heterocycles. The molecule has 164 valence electrons. The number of hydrogen-bond donors (Lipinski definition) is 0. The number of piperazine rings is 1. The summed E-state index contributed by atoms with van der Waals surface area (Å²) in [6.45, 7) is 6.18. The van der Waals surface area contributed by atoms with Crippen molar-refractivity contribution >= 4 is 36.9 Å². The highest BCUT2D eigenvalue weighted by molar-refractivity contribution is 5.85. The van der Waals surface area contributed by atoms with Gasteiger partial charge in [-0.1, -0.05) is 54.6 Å². The predicted octanol–water partition coefficient (Wildman–Crippen LogP) is 3.91. The molecule has 1 saturated heterocycles. The van der Waals surface area contributed by atoms with E-state index in [1.54, 1.807) is 0 Å². The van der Waals surface area contributed by atoms with Gasteiger partial charge >= 0.3 is 5.97 Å². The van der Waals surface area contributed by atoms with Crippen LogP contribution in [0.3, 0.4) is 0 Å². The number of halogens is 2.